The van der Waals surface area contributed by atoms with E-state index in [4.69, 9.17) is 5.11 Å². The van der Waals surface area contributed by atoms with Crippen molar-refractivity contribution >= 4 is 0 Å². The Bertz CT molecular complexity index is 247. The number of nitrogens with one attached hydrogen (secondary N) is 1. The topological polar surface area (TPSA) is 45.1 Å². The lowest BCUT2D eigenvalue weighted by Crippen LogP contribution is -2.34. The third-order valence-electron chi connectivity index (χ3n) is 2.33. The summed E-state index contributed by atoms with van der Waals surface area (Å²) in [5, 5.41) is 12.4. The van der Waals surface area contributed by atoms with Gasteiger partial charge in [-0.25, -0.2) is 0 Å². The van der Waals surface area contributed by atoms with E-state index in [-0.39, 0.29) is 18.7 Å². The molecule has 1 aromatic rings. The fraction of sp³-hybridized carbons (Fsp3) is 0.545. The van der Waals surface area contributed by atoms with Crippen molar-refractivity contribution in [3.05, 3.63) is 30.1 Å². The fourth-order valence-electron chi connectivity index (χ4n) is 1.37. The van der Waals surface area contributed by atoms with Gasteiger partial charge in [-0.3, -0.25) is 4.98 Å². The number of aromatic nitrogens is 1. The van der Waals surface area contributed by atoms with Gasteiger partial charge in [-0.05, 0) is 25.5 Å². The van der Waals surface area contributed by atoms with Crippen LogP contribution >= 0.6 is 0 Å². The fourth-order valence-corrected chi connectivity index (χ4v) is 1.37. The van der Waals surface area contributed by atoms with Gasteiger partial charge < -0.3 is 10.4 Å². The van der Waals surface area contributed by atoms with Crippen LogP contribution in [0.5, 0.6) is 0 Å². The van der Waals surface area contributed by atoms with Crippen LogP contribution in [0.3, 0.4) is 0 Å². The molecule has 0 saturated carbocycles. The second-order valence-electron chi connectivity index (χ2n) is 3.43. The first kappa shape index (κ1) is 11.1. The maximum Gasteiger partial charge on any atom is 0.0584 e. The lowest BCUT2D eigenvalue weighted by molar-refractivity contribution is 0.229. The summed E-state index contributed by atoms with van der Waals surface area (Å²) in [5.74, 6) is 0. The molecule has 2 N–H and O–H groups in total. The van der Waals surface area contributed by atoms with Crippen molar-refractivity contribution in [2.45, 2.75) is 32.4 Å². The van der Waals surface area contributed by atoms with Crippen LogP contribution in [0, 0.1) is 0 Å². The summed E-state index contributed by atoms with van der Waals surface area (Å²) in [4.78, 5) is 4.26. The Labute approximate surface area is 85.2 Å². The second-order valence-corrected chi connectivity index (χ2v) is 3.43. The van der Waals surface area contributed by atoms with E-state index in [1.165, 1.54) is 0 Å². The Hall–Kier alpha value is -0.930. The van der Waals surface area contributed by atoms with Crippen LogP contribution in [0.4, 0.5) is 0 Å². The van der Waals surface area contributed by atoms with Gasteiger partial charge in [0, 0.05) is 18.3 Å². The number of pyridine rings is 1. The third-order valence-corrected chi connectivity index (χ3v) is 2.33. The molecule has 1 heterocycles. The third kappa shape index (κ3) is 3.09. The highest BCUT2D eigenvalue weighted by Gasteiger charge is 2.10. The van der Waals surface area contributed by atoms with Gasteiger partial charge >= 0.3 is 0 Å². The average Bonchev–Trinajstić information content (AvgIpc) is 2.26. The molecule has 0 spiro atoms. The van der Waals surface area contributed by atoms with Crippen molar-refractivity contribution in [2.75, 3.05) is 6.61 Å². The van der Waals surface area contributed by atoms with Crippen molar-refractivity contribution in [1.82, 2.24) is 10.3 Å². The van der Waals surface area contributed by atoms with Gasteiger partial charge in [-0.2, -0.15) is 0 Å². The van der Waals surface area contributed by atoms with Crippen LogP contribution in [0.1, 0.15) is 32.0 Å². The lowest BCUT2D eigenvalue weighted by atomic mass is 10.1. The number of nitrogens with zero attached hydrogens (tertiary/aromatic N) is 1. The van der Waals surface area contributed by atoms with E-state index in [1.54, 1.807) is 6.20 Å². The molecule has 78 valence electrons. The molecule has 1 rings (SSSR count). The van der Waals surface area contributed by atoms with Crippen LogP contribution in [-0.4, -0.2) is 22.7 Å². The summed E-state index contributed by atoms with van der Waals surface area (Å²) in [6, 6.07) is 6.21. The summed E-state index contributed by atoms with van der Waals surface area (Å²) >= 11 is 0. The van der Waals surface area contributed by atoms with Crippen LogP contribution < -0.4 is 5.32 Å². The zero-order chi connectivity index (χ0) is 10.4. The van der Waals surface area contributed by atoms with E-state index in [0.717, 1.165) is 12.1 Å². The molecule has 0 amide bonds. The van der Waals surface area contributed by atoms with E-state index in [1.807, 2.05) is 18.2 Å². The van der Waals surface area contributed by atoms with Gasteiger partial charge in [0.1, 0.15) is 0 Å². The molecule has 0 aromatic carbocycles. The first-order chi connectivity index (χ1) is 6.77. The van der Waals surface area contributed by atoms with Crippen molar-refractivity contribution in [3.63, 3.8) is 0 Å². The number of hydrogen-bond donors (Lipinski definition) is 2. The molecule has 1 aromatic heterocycles. The zero-order valence-corrected chi connectivity index (χ0v) is 8.77. The first-order valence-electron chi connectivity index (χ1n) is 5.05. The minimum absolute atomic E-state index is 0.159. The molecule has 0 fully saturated rings. The molecular weight excluding hydrogens is 176 g/mol. The predicted octanol–water partition coefficient (Wildman–Crippen LogP) is 1.50. The van der Waals surface area contributed by atoms with Gasteiger partial charge in [0.2, 0.25) is 0 Å². The van der Waals surface area contributed by atoms with Gasteiger partial charge in [-0.15, -0.1) is 0 Å². The Morgan fingerprint density at radius 3 is 2.79 bits per heavy atom. The van der Waals surface area contributed by atoms with Crippen molar-refractivity contribution < 1.29 is 5.11 Å². The monoisotopic (exact) mass is 194 g/mol. The standard InChI is InChI=1S/C11H18N2O/c1-3-10(8-14)13-9(2)11-6-4-5-7-12-11/h4-7,9-10,13-14H,3,8H2,1-2H3/t9?,10-/m0/s1. The summed E-state index contributed by atoms with van der Waals surface area (Å²) in [6.45, 7) is 4.29. The molecule has 0 saturated heterocycles. The smallest absolute Gasteiger partial charge is 0.0584 e. The molecule has 3 heteroatoms. The maximum absolute atomic E-state index is 9.04. The minimum atomic E-state index is 0.159. The highest BCUT2D eigenvalue weighted by atomic mass is 16.3. The molecule has 0 radical (unpaired) electrons. The molecule has 0 aliphatic heterocycles. The molecule has 2 atom stereocenters. The van der Waals surface area contributed by atoms with E-state index in [0.29, 0.717) is 0 Å². The second kappa shape index (κ2) is 5.73. The van der Waals surface area contributed by atoms with E-state index in [9.17, 15) is 0 Å². The molecule has 14 heavy (non-hydrogen) atoms. The summed E-state index contributed by atoms with van der Waals surface area (Å²) in [6.07, 6.45) is 2.71. The van der Waals surface area contributed by atoms with E-state index >= 15 is 0 Å². The minimum Gasteiger partial charge on any atom is -0.395 e. The molecule has 1 unspecified atom stereocenters. The number of rotatable bonds is 5. The first-order valence-corrected chi connectivity index (χ1v) is 5.05. The Morgan fingerprint density at radius 1 is 1.50 bits per heavy atom. The van der Waals surface area contributed by atoms with Gasteiger partial charge in [-0.1, -0.05) is 13.0 Å². The number of aliphatic hydroxyl groups excluding tert-OH is 1. The van der Waals surface area contributed by atoms with Crippen LogP contribution in [0.15, 0.2) is 24.4 Å². The van der Waals surface area contributed by atoms with Gasteiger partial charge in [0.15, 0.2) is 0 Å². The maximum atomic E-state index is 9.04. The van der Waals surface area contributed by atoms with Crippen LogP contribution in [0.2, 0.25) is 0 Å². The lowest BCUT2D eigenvalue weighted by Gasteiger charge is -2.19. The predicted molar refractivity (Wildman–Crippen MR) is 57.0 cm³/mol. The summed E-state index contributed by atoms with van der Waals surface area (Å²) < 4.78 is 0. The van der Waals surface area contributed by atoms with Gasteiger partial charge in [0.05, 0.1) is 12.3 Å². The highest BCUT2D eigenvalue weighted by molar-refractivity contribution is 5.07. The van der Waals surface area contributed by atoms with Crippen molar-refractivity contribution in [3.8, 4) is 0 Å². The quantitative estimate of drug-likeness (QED) is 0.746. The summed E-state index contributed by atoms with van der Waals surface area (Å²) in [5.41, 5.74) is 1.01. The summed E-state index contributed by atoms with van der Waals surface area (Å²) in [7, 11) is 0. The zero-order valence-electron chi connectivity index (χ0n) is 8.77. The number of hydrogen-bond acceptors (Lipinski definition) is 3. The molecule has 3 nitrogen and oxygen atoms in total. The van der Waals surface area contributed by atoms with E-state index < -0.39 is 0 Å². The normalized spacial score (nSPS) is 15.1. The number of aliphatic hydroxyl groups is 1. The average molecular weight is 194 g/mol. The van der Waals surface area contributed by atoms with E-state index in [2.05, 4.69) is 24.1 Å². The van der Waals surface area contributed by atoms with Crippen LogP contribution in [0.25, 0.3) is 0 Å². The Kier molecular flexibility index (Phi) is 4.56. The van der Waals surface area contributed by atoms with Crippen molar-refractivity contribution in [1.29, 1.82) is 0 Å². The molecule has 0 aliphatic rings. The highest BCUT2D eigenvalue weighted by Crippen LogP contribution is 2.09. The molecular formula is C11H18N2O. The van der Waals surface area contributed by atoms with Crippen molar-refractivity contribution in [2.24, 2.45) is 0 Å². The van der Waals surface area contributed by atoms with Gasteiger partial charge in [0.25, 0.3) is 0 Å². The Balaban J connectivity index is 2.54. The Morgan fingerprint density at radius 2 is 2.29 bits per heavy atom. The largest absolute Gasteiger partial charge is 0.395 e. The molecule has 0 aliphatic carbocycles. The SMILES string of the molecule is CC[C@@H](CO)NC(C)c1ccccn1. The van der Waals surface area contributed by atoms with Crippen LogP contribution in [-0.2, 0) is 0 Å². The molecule has 0 bridgehead atoms.